The van der Waals surface area contributed by atoms with Crippen LogP contribution in [0.5, 0.6) is 5.75 Å². The molecule has 1 amide bonds. The fourth-order valence-electron chi connectivity index (χ4n) is 4.29. The first-order chi connectivity index (χ1) is 12.5. The number of likely N-dealkylation sites (N-methyl/N-ethyl adjacent to an activating group) is 1. The minimum absolute atomic E-state index is 0.172. The van der Waals surface area contributed by atoms with E-state index in [4.69, 9.17) is 4.74 Å². The quantitative estimate of drug-likeness (QED) is 0.792. The molecule has 1 aliphatic carbocycles. The van der Waals surface area contributed by atoms with Crippen molar-refractivity contribution in [2.24, 2.45) is 5.92 Å². The number of sulfonamides is 1. The Bertz CT molecular complexity index is 790. The van der Waals surface area contributed by atoms with Crippen LogP contribution in [-0.2, 0) is 14.8 Å². The zero-order valence-electron chi connectivity index (χ0n) is 15.1. The number of rotatable bonds is 2. The molecule has 142 valence electrons. The fraction of sp³-hybridized carbons (Fsp3) is 0.632. The first kappa shape index (κ1) is 17.8. The van der Waals surface area contributed by atoms with Gasteiger partial charge in [-0.1, -0.05) is 25.5 Å². The van der Waals surface area contributed by atoms with Crippen LogP contribution in [0.1, 0.15) is 39.0 Å². The average molecular weight is 378 g/mol. The minimum atomic E-state index is -3.60. The molecule has 0 N–H and O–H groups in total. The Morgan fingerprint density at radius 1 is 1.15 bits per heavy atom. The number of ether oxygens (including phenoxy) is 1. The average Bonchev–Trinajstić information content (AvgIpc) is 2.81. The van der Waals surface area contributed by atoms with Crippen molar-refractivity contribution >= 4 is 15.9 Å². The summed E-state index contributed by atoms with van der Waals surface area (Å²) in [5.41, 5.74) is 0. The second-order valence-corrected chi connectivity index (χ2v) is 9.27. The van der Waals surface area contributed by atoms with Gasteiger partial charge in [-0.3, -0.25) is 4.79 Å². The molecule has 0 spiro atoms. The van der Waals surface area contributed by atoms with Gasteiger partial charge in [0.25, 0.3) is 0 Å². The van der Waals surface area contributed by atoms with E-state index in [0.717, 1.165) is 19.3 Å². The molecule has 6 nitrogen and oxygen atoms in total. The summed E-state index contributed by atoms with van der Waals surface area (Å²) in [5, 5.41) is 0. The van der Waals surface area contributed by atoms with Crippen molar-refractivity contribution in [3.63, 3.8) is 0 Å². The lowest BCUT2D eigenvalue weighted by atomic mass is 9.84. The SMILES string of the molecule is CCN1[C@H]2CCN(C(=O)C3CCC3)CC[C@@H]2Oc2ccccc2S1(=O)=O. The number of likely N-dealkylation sites (tertiary alicyclic amines) is 1. The van der Waals surface area contributed by atoms with Crippen LogP contribution in [0.2, 0.25) is 0 Å². The highest BCUT2D eigenvalue weighted by atomic mass is 32.2. The first-order valence-corrected chi connectivity index (χ1v) is 11.0. The van der Waals surface area contributed by atoms with Gasteiger partial charge < -0.3 is 9.64 Å². The van der Waals surface area contributed by atoms with Gasteiger partial charge in [0.15, 0.2) is 0 Å². The third-order valence-corrected chi connectivity index (χ3v) is 8.01. The van der Waals surface area contributed by atoms with Crippen LogP contribution < -0.4 is 4.74 Å². The second kappa shape index (κ2) is 6.85. The smallest absolute Gasteiger partial charge is 0.247 e. The summed E-state index contributed by atoms with van der Waals surface area (Å²) in [6.07, 6.45) is 4.15. The fourth-order valence-corrected chi connectivity index (χ4v) is 6.11. The monoisotopic (exact) mass is 378 g/mol. The van der Waals surface area contributed by atoms with Gasteiger partial charge in [-0.25, -0.2) is 8.42 Å². The van der Waals surface area contributed by atoms with E-state index >= 15 is 0 Å². The molecule has 2 aliphatic heterocycles. The number of carbonyl (C=O) groups is 1. The Morgan fingerprint density at radius 2 is 1.88 bits per heavy atom. The molecule has 1 saturated heterocycles. The van der Waals surface area contributed by atoms with Crippen molar-refractivity contribution in [3.05, 3.63) is 24.3 Å². The Labute approximate surface area is 155 Å². The number of benzene rings is 1. The molecule has 0 bridgehead atoms. The number of amides is 1. The van der Waals surface area contributed by atoms with Crippen molar-refractivity contribution in [2.45, 2.75) is 56.1 Å². The molecule has 1 aromatic rings. The van der Waals surface area contributed by atoms with Crippen LogP contribution in [0.4, 0.5) is 0 Å². The summed E-state index contributed by atoms with van der Waals surface area (Å²) >= 11 is 0. The minimum Gasteiger partial charge on any atom is -0.487 e. The van der Waals surface area contributed by atoms with Gasteiger partial charge in [-0.05, 0) is 31.4 Å². The molecule has 2 fully saturated rings. The first-order valence-electron chi connectivity index (χ1n) is 9.58. The van der Waals surface area contributed by atoms with Crippen molar-refractivity contribution in [1.29, 1.82) is 0 Å². The zero-order valence-corrected chi connectivity index (χ0v) is 16.0. The number of carbonyl (C=O) groups excluding carboxylic acids is 1. The van der Waals surface area contributed by atoms with Gasteiger partial charge in [0.1, 0.15) is 16.7 Å². The van der Waals surface area contributed by atoms with Crippen LogP contribution in [0.25, 0.3) is 0 Å². The molecule has 1 saturated carbocycles. The van der Waals surface area contributed by atoms with Gasteiger partial charge in [-0.15, -0.1) is 0 Å². The van der Waals surface area contributed by atoms with E-state index in [1.807, 2.05) is 11.8 Å². The number of para-hydroxylation sites is 1. The third kappa shape index (κ3) is 2.91. The molecular formula is C19H26N2O4S. The molecule has 2 atom stereocenters. The number of hydrogen-bond donors (Lipinski definition) is 0. The highest BCUT2D eigenvalue weighted by Crippen LogP contribution is 2.37. The largest absolute Gasteiger partial charge is 0.487 e. The Morgan fingerprint density at radius 3 is 2.58 bits per heavy atom. The molecule has 7 heteroatoms. The molecule has 3 aliphatic rings. The van der Waals surface area contributed by atoms with Crippen LogP contribution in [0, 0.1) is 5.92 Å². The van der Waals surface area contributed by atoms with E-state index in [1.54, 1.807) is 28.6 Å². The van der Waals surface area contributed by atoms with Crippen molar-refractivity contribution in [3.8, 4) is 5.75 Å². The molecular weight excluding hydrogens is 352 g/mol. The number of nitrogens with zero attached hydrogens (tertiary/aromatic N) is 2. The van der Waals surface area contributed by atoms with Crippen LogP contribution >= 0.6 is 0 Å². The summed E-state index contributed by atoms with van der Waals surface area (Å²) in [6, 6.07) is 6.63. The van der Waals surface area contributed by atoms with Gasteiger partial charge in [-0.2, -0.15) is 4.31 Å². The third-order valence-electron chi connectivity index (χ3n) is 5.97. The van der Waals surface area contributed by atoms with Crippen LogP contribution in [0.3, 0.4) is 0 Å². The highest BCUT2D eigenvalue weighted by molar-refractivity contribution is 7.89. The lowest BCUT2D eigenvalue weighted by Gasteiger charge is -2.31. The number of hydrogen-bond acceptors (Lipinski definition) is 4. The van der Waals surface area contributed by atoms with E-state index in [-0.39, 0.29) is 28.9 Å². The predicted octanol–water partition coefficient (Wildman–Crippen LogP) is 2.25. The highest BCUT2D eigenvalue weighted by Gasteiger charge is 2.43. The lowest BCUT2D eigenvalue weighted by Crippen LogP contribution is -2.47. The topological polar surface area (TPSA) is 66.9 Å². The summed E-state index contributed by atoms with van der Waals surface area (Å²) < 4.78 is 34.1. The maximum Gasteiger partial charge on any atom is 0.247 e. The summed E-state index contributed by atoms with van der Waals surface area (Å²) in [4.78, 5) is 14.8. The Kier molecular flexibility index (Phi) is 4.69. The molecule has 4 rings (SSSR count). The molecule has 0 unspecified atom stereocenters. The molecule has 1 aromatic carbocycles. The van der Waals surface area contributed by atoms with Gasteiger partial charge in [0, 0.05) is 32.0 Å². The van der Waals surface area contributed by atoms with E-state index in [9.17, 15) is 13.2 Å². The number of fused-ring (bicyclic) bond motifs is 2. The molecule has 26 heavy (non-hydrogen) atoms. The second-order valence-electron chi connectivity index (χ2n) is 7.41. The van der Waals surface area contributed by atoms with Crippen molar-refractivity contribution < 1.29 is 17.9 Å². The van der Waals surface area contributed by atoms with Crippen LogP contribution in [-0.4, -0.2) is 55.3 Å². The molecule has 0 aromatic heterocycles. The van der Waals surface area contributed by atoms with Gasteiger partial charge in [0.2, 0.25) is 15.9 Å². The van der Waals surface area contributed by atoms with Gasteiger partial charge in [0.05, 0.1) is 6.04 Å². The molecule has 0 radical (unpaired) electrons. The van der Waals surface area contributed by atoms with Gasteiger partial charge >= 0.3 is 0 Å². The van der Waals surface area contributed by atoms with E-state index < -0.39 is 10.0 Å². The summed E-state index contributed by atoms with van der Waals surface area (Å²) in [6.45, 7) is 3.50. The molecule has 2 heterocycles. The van der Waals surface area contributed by atoms with E-state index in [1.165, 1.54) is 0 Å². The van der Waals surface area contributed by atoms with Crippen LogP contribution in [0.15, 0.2) is 29.2 Å². The zero-order chi connectivity index (χ0) is 18.3. The van der Waals surface area contributed by atoms with E-state index in [0.29, 0.717) is 38.2 Å². The summed E-state index contributed by atoms with van der Waals surface area (Å²) in [5.74, 6) is 0.835. The predicted molar refractivity (Wildman–Crippen MR) is 97.4 cm³/mol. The van der Waals surface area contributed by atoms with E-state index in [2.05, 4.69) is 0 Å². The summed E-state index contributed by atoms with van der Waals surface area (Å²) in [7, 11) is -3.60. The Balaban J connectivity index is 1.63. The van der Waals surface area contributed by atoms with Crippen molar-refractivity contribution in [1.82, 2.24) is 9.21 Å². The standard InChI is InChI=1S/C19H26N2O4S/c1-2-21-15-10-12-20(19(22)14-6-5-7-14)13-11-16(15)25-17-8-3-4-9-18(17)26(21,23)24/h3-4,8-9,14-16H,2,5-7,10-13H2,1H3/t15-,16-/m0/s1. The normalized spacial score (nSPS) is 28.7. The Hall–Kier alpha value is -1.60. The lowest BCUT2D eigenvalue weighted by molar-refractivity contribution is -0.138. The maximum absolute atomic E-state index is 13.2. The van der Waals surface area contributed by atoms with Crippen molar-refractivity contribution in [2.75, 3.05) is 19.6 Å². The maximum atomic E-state index is 13.2.